The summed E-state index contributed by atoms with van der Waals surface area (Å²) in [7, 11) is 0. The first-order valence-electron chi connectivity index (χ1n) is 10.5. The summed E-state index contributed by atoms with van der Waals surface area (Å²) in [4.78, 5) is 11.0. The minimum Gasteiger partial charge on any atom is -0.458 e. The Morgan fingerprint density at radius 3 is 2.75 bits per heavy atom. The Bertz CT molecular complexity index is 714. The molecule has 0 aromatic carbocycles. The van der Waals surface area contributed by atoms with Crippen LogP contribution in [0, 0.1) is 5.41 Å². The first kappa shape index (κ1) is 22.4. The largest absolute Gasteiger partial charge is 0.458 e. The number of esters is 1. The summed E-state index contributed by atoms with van der Waals surface area (Å²) in [5, 5.41) is 9.56. The molecule has 3 nitrogen and oxygen atoms in total. The molecule has 0 saturated carbocycles. The molecule has 3 heteroatoms. The molecule has 0 aromatic rings. The third kappa shape index (κ3) is 6.94. The molecule has 28 heavy (non-hydrogen) atoms. The van der Waals surface area contributed by atoms with Gasteiger partial charge in [0.05, 0.1) is 6.61 Å². The van der Waals surface area contributed by atoms with E-state index in [0.29, 0.717) is 12.0 Å². The second-order valence-corrected chi connectivity index (χ2v) is 8.75. The van der Waals surface area contributed by atoms with Crippen molar-refractivity contribution in [2.45, 2.75) is 72.6 Å². The van der Waals surface area contributed by atoms with E-state index in [2.05, 4.69) is 33.8 Å². The van der Waals surface area contributed by atoms with Crippen molar-refractivity contribution in [3.63, 3.8) is 0 Å². The Labute approximate surface area is 170 Å². The molecule has 1 N–H and O–H groups in total. The summed E-state index contributed by atoms with van der Waals surface area (Å²) in [6.45, 7) is 9.71. The lowest BCUT2D eigenvalue weighted by Gasteiger charge is -2.35. The van der Waals surface area contributed by atoms with Crippen LogP contribution in [-0.4, -0.2) is 24.3 Å². The molecule has 0 unspecified atom stereocenters. The maximum atomic E-state index is 11.0. The maximum absolute atomic E-state index is 11.0. The van der Waals surface area contributed by atoms with Crippen LogP contribution in [0.4, 0.5) is 0 Å². The molecule has 0 atom stereocenters. The molecule has 0 amide bonds. The quantitative estimate of drug-likeness (QED) is 0.302. The molecule has 0 bridgehead atoms. The number of carbonyl (C=O) groups excluding carboxylic acids is 1. The fourth-order valence-electron chi connectivity index (χ4n) is 4.16. The van der Waals surface area contributed by atoms with Crippen molar-refractivity contribution in [2.75, 3.05) is 13.2 Å². The van der Waals surface area contributed by atoms with Gasteiger partial charge in [-0.1, -0.05) is 54.9 Å². The van der Waals surface area contributed by atoms with Crippen LogP contribution in [0.5, 0.6) is 0 Å². The second kappa shape index (κ2) is 10.6. The smallest absolute Gasteiger partial charge is 0.331 e. The predicted molar refractivity (Wildman–Crippen MR) is 116 cm³/mol. The summed E-state index contributed by atoms with van der Waals surface area (Å²) in [6, 6.07) is 0. The van der Waals surface area contributed by atoms with Crippen molar-refractivity contribution < 1.29 is 14.6 Å². The lowest BCUT2D eigenvalue weighted by Crippen LogP contribution is -2.20. The van der Waals surface area contributed by atoms with Crippen LogP contribution < -0.4 is 0 Å². The third-order valence-electron chi connectivity index (χ3n) is 5.94. The fraction of sp³-hybridized carbons (Fsp3) is 0.560. The summed E-state index contributed by atoms with van der Waals surface area (Å²) in [5.74, 6) is -0.283. The zero-order valence-corrected chi connectivity index (χ0v) is 18.0. The number of ether oxygens (including phenoxy) is 1. The highest BCUT2D eigenvalue weighted by molar-refractivity contribution is 5.86. The van der Waals surface area contributed by atoms with Crippen LogP contribution in [-0.2, 0) is 9.53 Å². The van der Waals surface area contributed by atoms with Crippen LogP contribution in [0.2, 0.25) is 0 Å². The van der Waals surface area contributed by atoms with E-state index in [1.165, 1.54) is 37.3 Å². The molecule has 2 rings (SSSR count). The van der Waals surface area contributed by atoms with E-state index in [9.17, 15) is 9.90 Å². The Morgan fingerprint density at radius 1 is 1.32 bits per heavy atom. The number of cyclic esters (lactones) is 1. The molecule has 0 fully saturated rings. The molecule has 2 aliphatic rings. The number of rotatable bonds is 9. The van der Waals surface area contributed by atoms with Gasteiger partial charge in [0.1, 0.15) is 6.61 Å². The first-order valence-corrected chi connectivity index (χ1v) is 10.5. The van der Waals surface area contributed by atoms with Crippen molar-refractivity contribution >= 4 is 5.97 Å². The van der Waals surface area contributed by atoms with Gasteiger partial charge in [-0.2, -0.15) is 0 Å². The van der Waals surface area contributed by atoms with E-state index in [1.54, 1.807) is 11.1 Å². The molecule has 0 aromatic heterocycles. The van der Waals surface area contributed by atoms with Gasteiger partial charge in [0.25, 0.3) is 0 Å². The van der Waals surface area contributed by atoms with E-state index >= 15 is 0 Å². The molecule has 1 aliphatic carbocycles. The van der Waals surface area contributed by atoms with Crippen molar-refractivity contribution in [1.29, 1.82) is 0 Å². The number of aliphatic hydroxyl groups is 1. The van der Waals surface area contributed by atoms with E-state index in [0.717, 1.165) is 30.4 Å². The van der Waals surface area contributed by atoms with Gasteiger partial charge in [0, 0.05) is 6.08 Å². The minimum absolute atomic E-state index is 0.0615. The van der Waals surface area contributed by atoms with Crippen molar-refractivity contribution in [1.82, 2.24) is 0 Å². The number of aliphatic hydroxyl groups excluding tert-OH is 1. The van der Waals surface area contributed by atoms with Gasteiger partial charge in [-0.05, 0) is 75.4 Å². The Balaban J connectivity index is 1.81. The van der Waals surface area contributed by atoms with E-state index < -0.39 is 0 Å². The van der Waals surface area contributed by atoms with E-state index in [4.69, 9.17) is 4.74 Å². The first-order chi connectivity index (χ1) is 13.3. The van der Waals surface area contributed by atoms with Gasteiger partial charge in [-0.15, -0.1) is 0 Å². The van der Waals surface area contributed by atoms with Crippen LogP contribution in [0.1, 0.15) is 72.6 Å². The van der Waals surface area contributed by atoms with Gasteiger partial charge in [-0.3, -0.25) is 0 Å². The number of hydrogen-bond acceptors (Lipinski definition) is 3. The average molecular weight is 385 g/mol. The molecule has 0 radical (unpaired) electrons. The van der Waals surface area contributed by atoms with Crippen molar-refractivity contribution in [3.8, 4) is 0 Å². The van der Waals surface area contributed by atoms with Gasteiger partial charge in [0.15, 0.2) is 0 Å². The summed E-state index contributed by atoms with van der Waals surface area (Å²) in [5.41, 5.74) is 6.91. The zero-order valence-electron chi connectivity index (χ0n) is 18.0. The number of carbonyl (C=O) groups is 1. The van der Waals surface area contributed by atoms with Crippen LogP contribution >= 0.6 is 0 Å². The van der Waals surface area contributed by atoms with Crippen molar-refractivity contribution in [3.05, 3.63) is 58.2 Å². The Morgan fingerprint density at radius 2 is 2.11 bits per heavy atom. The predicted octanol–water partition coefficient (Wildman–Crippen LogP) is 5.98. The lowest BCUT2D eigenvalue weighted by atomic mass is 9.71. The van der Waals surface area contributed by atoms with Crippen LogP contribution in [0.25, 0.3) is 0 Å². The summed E-state index contributed by atoms with van der Waals surface area (Å²) >= 11 is 0. The third-order valence-corrected chi connectivity index (χ3v) is 5.94. The van der Waals surface area contributed by atoms with Gasteiger partial charge >= 0.3 is 5.97 Å². The molecule has 1 heterocycles. The minimum atomic E-state index is -0.283. The Hall–Kier alpha value is -1.87. The molecule has 154 valence electrons. The molecule has 0 spiro atoms. The molecular formula is C25H36O3. The van der Waals surface area contributed by atoms with E-state index in [-0.39, 0.29) is 12.6 Å². The maximum Gasteiger partial charge on any atom is 0.331 e. The van der Waals surface area contributed by atoms with E-state index in [1.807, 2.05) is 18.2 Å². The zero-order chi connectivity index (χ0) is 20.6. The van der Waals surface area contributed by atoms with Gasteiger partial charge in [-0.25, -0.2) is 4.79 Å². The monoisotopic (exact) mass is 384 g/mol. The normalized spacial score (nSPS) is 20.8. The molecular weight excluding hydrogens is 348 g/mol. The van der Waals surface area contributed by atoms with Crippen LogP contribution in [0.15, 0.2) is 58.2 Å². The van der Waals surface area contributed by atoms with Crippen molar-refractivity contribution in [2.24, 2.45) is 5.41 Å². The number of allylic oxidation sites excluding steroid dienone is 6. The second-order valence-electron chi connectivity index (χ2n) is 8.75. The van der Waals surface area contributed by atoms with Crippen LogP contribution in [0.3, 0.4) is 0 Å². The molecule has 0 saturated heterocycles. The summed E-state index contributed by atoms with van der Waals surface area (Å²) < 4.78 is 4.86. The average Bonchev–Trinajstić information content (AvgIpc) is 3.04. The highest BCUT2D eigenvalue weighted by atomic mass is 16.5. The number of hydrogen-bond donors (Lipinski definition) is 1. The summed E-state index contributed by atoms with van der Waals surface area (Å²) in [6.07, 6.45) is 17.5. The molecule has 1 aliphatic heterocycles. The van der Waals surface area contributed by atoms with Gasteiger partial charge < -0.3 is 9.84 Å². The van der Waals surface area contributed by atoms with Gasteiger partial charge in [0.2, 0.25) is 0 Å². The standard InChI is InChI=1S/C25H36O3/c1-19(13-14-23-20(2)9-7-15-25(23,3)4)8-5-10-21(17-26)11-6-12-22-16-24(27)28-18-22/h6,8,11-12,16,26H,5,7,9-10,13-15,17-18H2,1-4H3/b12-6+,19-8+,21-11-. The topological polar surface area (TPSA) is 46.5 Å². The lowest BCUT2D eigenvalue weighted by molar-refractivity contribution is -0.134. The highest BCUT2D eigenvalue weighted by Crippen LogP contribution is 2.42. The fourth-order valence-corrected chi connectivity index (χ4v) is 4.16. The SMILES string of the molecule is CC1=C(CC/C(C)=C/CC/C(=C/C=C/C2=CC(=O)OC2)CO)C(C)(C)CCC1. The highest BCUT2D eigenvalue weighted by Gasteiger charge is 2.27. The Kier molecular flexibility index (Phi) is 8.50.